The molecule has 0 bridgehead atoms. The highest BCUT2D eigenvalue weighted by molar-refractivity contribution is 5.48. The Kier molecular flexibility index (Phi) is 2.29. The van der Waals surface area contributed by atoms with Crippen molar-refractivity contribution in [3.63, 3.8) is 0 Å². The Balaban J connectivity index is 1.97. The lowest BCUT2D eigenvalue weighted by atomic mass is 10.2. The molecule has 0 spiro atoms. The number of ether oxygens (including phenoxy) is 1. The predicted octanol–water partition coefficient (Wildman–Crippen LogP) is 1.76. The molecule has 1 N–H and O–H groups in total. The molecule has 1 aliphatic heterocycles. The third kappa shape index (κ3) is 1.55. The predicted molar refractivity (Wildman–Crippen MR) is 59.5 cm³/mol. The average molecular weight is 218 g/mol. The van der Waals surface area contributed by atoms with E-state index in [0.717, 1.165) is 37.2 Å². The fourth-order valence-electron chi connectivity index (χ4n) is 2.25. The van der Waals surface area contributed by atoms with Crippen LogP contribution in [-0.2, 0) is 11.2 Å². The van der Waals surface area contributed by atoms with Crippen molar-refractivity contribution in [2.45, 2.75) is 25.4 Å². The second-order valence-electron chi connectivity index (χ2n) is 4.16. The van der Waals surface area contributed by atoms with E-state index in [2.05, 4.69) is 4.98 Å². The molecule has 0 saturated carbocycles. The van der Waals surface area contributed by atoms with Crippen LogP contribution in [0.3, 0.4) is 0 Å². The van der Waals surface area contributed by atoms with Gasteiger partial charge in [-0.15, -0.1) is 0 Å². The lowest BCUT2D eigenvalue weighted by Gasteiger charge is -2.08. The van der Waals surface area contributed by atoms with E-state index in [0.29, 0.717) is 0 Å². The first-order valence-electron chi connectivity index (χ1n) is 5.60. The van der Waals surface area contributed by atoms with Gasteiger partial charge in [0.25, 0.3) is 0 Å². The number of fused-ring (bicyclic) bond motifs is 1. The summed E-state index contributed by atoms with van der Waals surface area (Å²) in [4.78, 5) is 4.34. The van der Waals surface area contributed by atoms with Gasteiger partial charge in [0.15, 0.2) is 5.88 Å². The molecule has 2 aromatic rings. The topological polar surface area (TPSA) is 46.8 Å². The normalized spacial score (nSPS) is 20.6. The van der Waals surface area contributed by atoms with E-state index in [9.17, 15) is 5.11 Å². The fraction of sp³-hybridized carbons (Fsp3) is 0.417. The standard InChI is InChI=1S/C12H14N2O2/c15-12-5-1-3-9-8-13-11(14(9)12)7-10-4-2-6-16-10/h1,3,5,8,10,15H,2,4,6-7H2. The van der Waals surface area contributed by atoms with Crippen molar-refractivity contribution in [2.24, 2.45) is 0 Å². The highest BCUT2D eigenvalue weighted by atomic mass is 16.5. The monoisotopic (exact) mass is 218 g/mol. The van der Waals surface area contributed by atoms with Crippen molar-refractivity contribution in [2.75, 3.05) is 6.61 Å². The molecule has 84 valence electrons. The Labute approximate surface area is 93.5 Å². The van der Waals surface area contributed by atoms with Crippen LogP contribution < -0.4 is 0 Å². The number of nitrogens with zero attached hydrogens (tertiary/aromatic N) is 2. The third-order valence-corrected chi connectivity index (χ3v) is 3.04. The van der Waals surface area contributed by atoms with E-state index in [4.69, 9.17) is 4.74 Å². The number of imidazole rings is 1. The molecule has 1 saturated heterocycles. The van der Waals surface area contributed by atoms with Crippen molar-refractivity contribution in [1.29, 1.82) is 0 Å². The molecule has 4 nitrogen and oxygen atoms in total. The van der Waals surface area contributed by atoms with Gasteiger partial charge in [-0.1, -0.05) is 6.07 Å². The summed E-state index contributed by atoms with van der Waals surface area (Å²) in [5.74, 6) is 1.11. The summed E-state index contributed by atoms with van der Waals surface area (Å²) in [6, 6.07) is 5.43. The molecule has 0 radical (unpaired) electrons. The molecule has 16 heavy (non-hydrogen) atoms. The van der Waals surface area contributed by atoms with Gasteiger partial charge in [-0.05, 0) is 25.0 Å². The summed E-state index contributed by atoms with van der Waals surface area (Å²) >= 11 is 0. The van der Waals surface area contributed by atoms with Crippen molar-refractivity contribution >= 4 is 5.52 Å². The van der Waals surface area contributed by atoms with E-state index in [1.165, 1.54) is 0 Å². The van der Waals surface area contributed by atoms with Gasteiger partial charge in [0.2, 0.25) is 0 Å². The molecule has 1 fully saturated rings. The number of rotatable bonds is 2. The minimum Gasteiger partial charge on any atom is -0.494 e. The minimum atomic E-state index is 0.239. The third-order valence-electron chi connectivity index (χ3n) is 3.04. The number of pyridine rings is 1. The van der Waals surface area contributed by atoms with Crippen LogP contribution in [0.15, 0.2) is 24.4 Å². The molecule has 0 aromatic carbocycles. The van der Waals surface area contributed by atoms with Gasteiger partial charge in [0.1, 0.15) is 5.82 Å². The summed E-state index contributed by atoms with van der Waals surface area (Å²) in [5, 5.41) is 9.80. The second kappa shape index (κ2) is 3.79. The molecule has 1 atom stereocenters. The van der Waals surface area contributed by atoms with Crippen LogP contribution in [0.25, 0.3) is 5.52 Å². The minimum absolute atomic E-state index is 0.239. The lowest BCUT2D eigenvalue weighted by molar-refractivity contribution is 0.109. The van der Waals surface area contributed by atoms with Crippen molar-refractivity contribution in [1.82, 2.24) is 9.38 Å². The van der Waals surface area contributed by atoms with Crippen molar-refractivity contribution in [3.8, 4) is 5.88 Å². The van der Waals surface area contributed by atoms with Crippen LogP contribution in [0.1, 0.15) is 18.7 Å². The SMILES string of the molecule is Oc1cccc2cnc(CC3CCCO3)n12. The van der Waals surface area contributed by atoms with Crippen molar-refractivity contribution in [3.05, 3.63) is 30.2 Å². The Morgan fingerprint density at radius 3 is 3.25 bits per heavy atom. The Hall–Kier alpha value is -1.55. The maximum absolute atomic E-state index is 9.80. The summed E-state index contributed by atoms with van der Waals surface area (Å²) in [5.41, 5.74) is 0.924. The second-order valence-corrected chi connectivity index (χ2v) is 4.16. The maximum atomic E-state index is 9.80. The fourth-order valence-corrected chi connectivity index (χ4v) is 2.25. The summed E-state index contributed by atoms with van der Waals surface area (Å²) in [7, 11) is 0. The van der Waals surface area contributed by atoms with Gasteiger partial charge >= 0.3 is 0 Å². The number of aromatic hydroxyl groups is 1. The highest BCUT2D eigenvalue weighted by Gasteiger charge is 2.18. The Bertz CT molecular complexity index is 501. The molecule has 1 unspecified atom stereocenters. The first-order valence-corrected chi connectivity index (χ1v) is 5.60. The van der Waals surface area contributed by atoms with Crippen molar-refractivity contribution < 1.29 is 9.84 Å². The molecule has 1 aliphatic rings. The maximum Gasteiger partial charge on any atom is 0.197 e. The number of hydrogen-bond acceptors (Lipinski definition) is 3. The molecular formula is C12H14N2O2. The zero-order valence-corrected chi connectivity index (χ0v) is 8.97. The molecule has 0 aliphatic carbocycles. The summed E-state index contributed by atoms with van der Waals surface area (Å²) < 4.78 is 7.36. The molecule has 3 heterocycles. The number of hydrogen-bond donors (Lipinski definition) is 1. The van der Waals surface area contributed by atoms with E-state index >= 15 is 0 Å². The first kappa shape index (κ1) is 9.66. The van der Waals surface area contributed by atoms with Gasteiger partial charge in [-0.2, -0.15) is 0 Å². The van der Waals surface area contributed by atoms with E-state index in [1.54, 1.807) is 16.7 Å². The molecule has 2 aromatic heterocycles. The van der Waals surface area contributed by atoms with Crippen LogP contribution in [0, 0.1) is 0 Å². The van der Waals surface area contributed by atoms with Gasteiger partial charge < -0.3 is 9.84 Å². The lowest BCUT2D eigenvalue weighted by Crippen LogP contribution is -2.11. The zero-order chi connectivity index (χ0) is 11.0. The van der Waals surface area contributed by atoms with Crippen LogP contribution in [0.4, 0.5) is 0 Å². The van der Waals surface area contributed by atoms with Crippen LogP contribution in [0.5, 0.6) is 5.88 Å². The molecule has 3 rings (SSSR count). The molecule has 4 heteroatoms. The Morgan fingerprint density at radius 2 is 2.44 bits per heavy atom. The van der Waals surface area contributed by atoms with Gasteiger partial charge in [0.05, 0.1) is 17.8 Å². The highest BCUT2D eigenvalue weighted by Crippen LogP contribution is 2.20. The van der Waals surface area contributed by atoms with Gasteiger partial charge in [0, 0.05) is 13.0 Å². The van der Waals surface area contributed by atoms with Crippen LogP contribution in [0.2, 0.25) is 0 Å². The van der Waals surface area contributed by atoms with Crippen LogP contribution in [-0.4, -0.2) is 27.2 Å². The van der Waals surface area contributed by atoms with E-state index in [1.807, 2.05) is 12.1 Å². The molecule has 0 amide bonds. The zero-order valence-electron chi connectivity index (χ0n) is 8.97. The van der Waals surface area contributed by atoms with Gasteiger partial charge in [-0.25, -0.2) is 4.98 Å². The smallest absolute Gasteiger partial charge is 0.197 e. The Morgan fingerprint density at radius 1 is 1.50 bits per heavy atom. The van der Waals surface area contributed by atoms with Gasteiger partial charge in [-0.3, -0.25) is 4.40 Å². The summed E-state index contributed by atoms with van der Waals surface area (Å²) in [6.07, 6.45) is 5.02. The van der Waals surface area contributed by atoms with E-state index < -0.39 is 0 Å². The van der Waals surface area contributed by atoms with E-state index in [-0.39, 0.29) is 12.0 Å². The number of aromatic nitrogens is 2. The average Bonchev–Trinajstić information content (AvgIpc) is 2.90. The quantitative estimate of drug-likeness (QED) is 0.835. The van der Waals surface area contributed by atoms with Crippen LogP contribution >= 0.6 is 0 Å². The molecular weight excluding hydrogens is 204 g/mol. The first-order chi connectivity index (χ1) is 7.84. The largest absolute Gasteiger partial charge is 0.494 e. The summed E-state index contributed by atoms with van der Waals surface area (Å²) in [6.45, 7) is 0.847.